The summed E-state index contributed by atoms with van der Waals surface area (Å²) in [6.45, 7) is 6.75. The zero-order valence-corrected chi connectivity index (χ0v) is 12.5. The van der Waals surface area contributed by atoms with Gasteiger partial charge in [-0.1, -0.05) is 19.8 Å². The number of unbranched alkanes of at least 4 members (excludes halogenated alkanes) is 1. The zero-order chi connectivity index (χ0) is 13.4. The standard InChI is InChI=1S/C15H32N2O/c1-4-11-16-15(2,13-18)10-5-6-12-17(3)14-8-7-9-14/h14,16,18H,4-13H2,1-3H3. The van der Waals surface area contributed by atoms with E-state index in [9.17, 15) is 5.11 Å². The highest BCUT2D eigenvalue weighted by atomic mass is 16.3. The largest absolute Gasteiger partial charge is 0.394 e. The van der Waals surface area contributed by atoms with Gasteiger partial charge < -0.3 is 15.3 Å². The van der Waals surface area contributed by atoms with Crippen LogP contribution in [0.1, 0.15) is 58.8 Å². The number of hydrogen-bond acceptors (Lipinski definition) is 3. The molecule has 1 atom stereocenters. The molecule has 3 heteroatoms. The molecule has 1 fully saturated rings. The van der Waals surface area contributed by atoms with E-state index in [2.05, 4.69) is 31.1 Å². The lowest BCUT2D eigenvalue weighted by Crippen LogP contribution is -2.46. The van der Waals surface area contributed by atoms with Gasteiger partial charge in [-0.15, -0.1) is 0 Å². The minimum Gasteiger partial charge on any atom is -0.394 e. The molecule has 1 saturated carbocycles. The lowest BCUT2D eigenvalue weighted by atomic mass is 9.91. The van der Waals surface area contributed by atoms with Crippen LogP contribution in [0, 0.1) is 0 Å². The van der Waals surface area contributed by atoms with Crippen LogP contribution < -0.4 is 5.32 Å². The van der Waals surface area contributed by atoms with Crippen LogP contribution in [0.25, 0.3) is 0 Å². The van der Waals surface area contributed by atoms with Crippen molar-refractivity contribution in [3.05, 3.63) is 0 Å². The van der Waals surface area contributed by atoms with E-state index in [1.54, 1.807) is 0 Å². The fourth-order valence-electron chi connectivity index (χ4n) is 2.54. The number of nitrogens with zero attached hydrogens (tertiary/aromatic N) is 1. The van der Waals surface area contributed by atoms with Crippen LogP contribution in [0.5, 0.6) is 0 Å². The van der Waals surface area contributed by atoms with Gasteiger partial charge in [-0.05, 0) is 59.2 Å². The Bertz CT molecular complexity index is 219. The summed E-state index contributed by atoms with van der Waals surface area (Å²) in [7, 11) is 2.25. The van der Waals surface area contributed by atoms with Gasteiger partial charge in [0.05, 0.1) is 6.61 Å². The lowest BCUT2D eigenvalue weighted by molar-refractivity contribution is 0.145. The molecule has 0 aromatic heterocycles. The van der Waals surface area contributed by atoms with Gasteiger partial charge in [-0.2, -0.15) is 0 Å². The molecule has 0 saturated heterocycles. The summed E-state index contributed by atoms with van der Waals surface area (Å²) in [5.41, 5.74) is -0.0783. The summed E-state index contributed by atoms with van der Waals surface area (Å²) in [6.07, 6.45) is 8.84. The van der Waals surface area contributed by atoms with E-state index in [1.165, 1.54) is 38.6 Å². The second kappa shape index (κ2) is 8.13. The molecule has 1 rings (SSSR count). The van der Waals surface area contributed by atoms with Crippen LogP contribution in [0.2, 0.25) is 0 Å². The highest BCUT2D eigenvalue weighted by molar-refractivity contribution is 4.82. The predicted molar refractivity (Wildman–Crippen MR) is 77.9 cm³/mol. The summed E-state index contributed by atoms with van der Waals surface area (Å²) in [4.78, 5) is 2.51. The van der Waals surface area contributed by atoms with E-state index in [0.29, 0.717) is 0 Å². The Labute approximate surface area is 113 Å². The van der Waals surface area contributed by atoms with Crippen LogP contribution in [0.15, 0.2) is 0 Å². The molecule has 18 heavy (non-hydrogen) atoms. The predicted octanol–water partition coefficient (Wildman–Crippen LogP) is 2.39. The summed E-state index contributed by atoms with van der Waals surface area (Å²) < 4.78 is 0. The molecule has 2 N–H and O–H groups in total. The third-order valence-electron chi connectivity index (χ3n) is 4.34. The van der Waals surface area contributed by atoms with Gasteiger partial charge >= 0.3 is 0 Å². The number of nitrogens with one attached hydrogen (secondary N) is 1. The first-order valence-corrected chi connectivity index (χ1v) is 7.67. The Balaban J connectivity index is 2.10. The van der Waals surface area contributed by atoms with E-state index in [4.69, 9.17) is 0 Å². The highest BCUT2D eigenvalue weighted by Gasteiger charge is 2.23. The Kier molecular flexibility index (Phi) is 7.20. The number of aliphatic hydroxyl groups excluding tert-OH is 1. The molecular formula is C15H32N2O. The third kappa shape index (κ3) is 5.25. The molecule has 1 unspecified atom stereocenters. The van der Waals surface area contributed by atoms with Gasteiger partial charge in [0.25, 0.3) is 0 Å². The minimum atomic E-state index is -0.0783. The molecule has 0 aromatic rings. The van der Waals surface area contributed by atoms with Crippen molar-refractivity contribution in [2.24, 2.45) is 0 Å². The molecule has 0 aliphatic heterocycles. The van der Waals surface area contributed by atoms with Crippen molar-refractivity contribution >= 4 is 0 Å². The van der Waals surface area contributed by atoms with Gasteiger partial charge in [0.15, 0.2) is 0 Å². The third-order valence-corrected chi connectivity index (χ3v) is 4.34. The van der Waals surface area contributed by atoms with Crippen molar-refractivity contribution in [2.75, 3.05) is 26.7 Å². The fraction of sp³-hybridized carbons (Fsp3) is 1.00. The van der Waals surface area contributed by atoms with E-state index in [-0.39, 0.29) is 12.1 Å². The number of rotatable bonds is 10. The summed E-state index contributed by atoms with van der Waals surface area (Å²) in [6, 6.07) is 0.854. The van der Waals surface area contributed by atoms with Crippen molar-refractivity contribution < 1.29 is 5.11 Å². The quantitative estimate of drug-likeness (QED) is 0.589. The average Bonchev–Trinajstić information content (AvgIpc) is 2.30. The molecular weight excluding hydrogens is 224 g/mol. The van der Waals surface area contributed by atoms with Gasteiger partial charge in [0.2, 0.25) is 0 Å². The first-order valence-electron chi connectivity index (χ1n) is 7.67. The molecule has 0 aromatic carbocycles. The monoisotopic (exact) mass is 256 g/mol. The van der Waals surface area contributed by atoms with Crippen molar-refractivity contribution in [3.63, 3.8) is 0 Å². The summed E-state index contributed by atoms with van der Waals surface area (Å²) in [5, 5.41) is 12.9. The molecule has 1 aliphatic rings. The lowest BCUT2D eigenvalue weighted by Gasteiger charge is -2.35. The summed E-state index contributed by atoms with van der Waals surface area (Å²) in [5.74, 6) is 0. The SMILES string of the molecule is CCCNC(C)(CO)CCCCN(C)C1CCC1. The van der Waals surface area contributed by atoms with E-state index in [0.717, 1.165) is 25.4 Å². The highest BCUT2D eigenvalue weighted by Crippen LogP contribution is 2.24. The van der Waals surface area contributed by atoms with Gasteiger partial charge in [-0.3, -0.25) is 0 Å². The van der Waals surface area contributed by atoms with Crippen LogP contribution in [0.3, 0.4) is 0 Å². The Morgan fingerprint density at radius 3 is 2.56 bits per heavy atom. The van der Waals surface area contributed by atoms with Crippen LogP contribution in [0.4, 0.5) is 0 Å². The maximum Gasteiger partial charge on any atom is 0.0610 e. The molecule has 3 nitrogen and oxygen atoms in total. The Morgan fingerprint density at radius 1 is 1.33 bits per heavy atom. The first kappa shape index (κ1) is 15.9. The molecule has 1 aliphatic carbocycles. The second-order valence-electron chi connectivity index (χ2n) is 6.17. The van der Waals surface area contributed by atoms with E-state index in [1.807, 2.05) is 0 Å². The Hall–Kier alpha value is -0.120. The number of hydrogen-bond donors (Lipinski definition) is 2. The average molecular weight is 256 g/mol. The molecule has 0 spiro atoms. The van der Waals surface area contributed by atoms with E-state index >= 15 is 0 Å². The van der Waals surface area contributed by atoms with Crippen LogP contribution >= 0.6 is 0 Å². The van der Waals surface area contributed by atoms with Crippen LogP contribution in [-0.4, -0.2) is 48.3 Å². The first-order chi connectivity index (χ1) is 8.61. The molecule has 0 amide bonds. The van der Waals surface area contributed by atoms with Crippen molar-refractivity contribution in [1.82, 2.24) is 10.2 Å². The normalized spacial score (nSPS) is 19.8. The van der Waals surface area contributed by atoms with Crippen LogP contribution in [-0.2, 0) is 0 Å². The second-order valence-corrected chi connectivity index (χ2v) is 6.17. The fourth-order valence-corrected chi connectivity index (χ4v) is 2.54. The molecule has 108 valence electrons. The molecule has 0 radical (unpaired) electrons. The zero-order valence-electron chi connectivity index (χ0n) is 12.5. The number of aliphatic hydroxyl groups is 1. The van der Waals surface area contributed by atoms with Gasteiger partial charge in [0.1, 0.15) is 0 Å². The van der Waals surface area contributed by atoms with Crippen molar-refractivity contribution in [2.45, 2.75) is 70.4 Å². The smallest absolute Gasteiger partial charge is 0.0610 e. The van der Waals surface area contributed by atoms with Gasteiger partial charge in [0, 0.05) is 11.6 Å². The van der Waals surface area contributed by atoms with Crippen molar-refractivity contribution in [3.8, 4) is 0 Å². The maximum absolute atomic E-state index is 9.48. The van der Waals surface area contributed by atoms with E-state index < -0.39 is 0 Å². The minimum absolute atomic E-state index is 0.0783. The Morgan fingerprint density at radius 2 is 2.06 bits per heavy atom. The summed E-state index contributed by atoms with van der Waals surface area (Å²) >= 11 is 0. The topological polar surface area (TPSA) is 35.5 Å². The van der Waals surface area contributed by atoms with Crippen molar-refractivity contribution in [1.29, 1.82) is 0 Å². The maximum atomic E-state index is 9.48. The van der Waals surface area contributed by atoms with Gasteiger partial charge in [-0.25, -0.2) is 0 Å². The molecule has 0 bridgehead atoms. The molecule has 0 heterocycles.